The van der Waals surface area contributed by atoms with Crippen molar-refractivity contribution < 1.29 is 25.2 Å². The van der Waals surface area contributed by atoms with Crippen LogP contribution in [0.25, 0.3) is 0 Å². The number of nitrogens with two attached hydrogens (primary N) is 1. The van der Waals surface area contributed by atoms with Gasteiger partial charge >= 0.3 is 0 Å². The van der Waals surface area contributed by atoms with Gasteiger partial charge in [-0.3, -0.25) is 0 Å². The normalized spacial score (nSPS) is 46.4. The van der Waals surface area contributed by atoms with E-state index in [1.807, 2.05) is 0 Å². The van der Waals surface area contributed by atoms with Gasteiger partial charge in [0, 0.05) is 0 Å². The van der Waals surface area contributed by atoms with Crippen molar-refractivity contribution >= 4 is 0 Å². The lowest BCUT2D eigenvalue weighted by atomic mass is 9.94. The van der Waals surface area contributed by atoms with Gasteiger partial charge in [0.15, 0.2) is 0 Å². The van der Waals surface area contributed by atoms with Gasteiger partial charge in [0.2, 0.25) is 0 Å². The van der Waals surface area contributed by atoms with Crippen molar-refractivity contribution in [2.45, 2.75) is 30.5 Å². The number of aliphatic hydroxyl groups is 4. The Hall–Kier alpha value is -0.240. The lowest BCUT2D eigenvalue weighted by Gasteiger charge is -2.40. The SMILES string of the molecule is N[C@@H]1[C@@H](O)[C@H](O)[C@@H](CO)O[C@H]1CO. The molecule has 0 unspecified atom stereocenters. The molecule has 6 nitrogen and oxygen atoms in total. The summed E-state index contributed by atoms with van der Waals surface area (Å²) in [6.07, 6.45) is -4.01. The summed E-state index contributed by atoms with van der Waals surface area (Å²) in [7, 11) is 0. The Balaban J connectivity index is 2.66. The molecule has 13 heavy (non-hydrogen) atoms. The first-order chi connectivity index (χ1) is 6.11. The zero-order chi connectivity index (χ0) is 10.0. The summed E-state index contributed by atoms with van der Waals surface area (Å²) in [6.45, 7) is -0.761. The molecule has 1 fully saturated rings. The fourth-order valence-electron chi connectivity index (χ4n) is 1.38. The van der Waals surface area contributed by atoms with E-state index < -0.39 is 37.1 Å². The van der Waals surface area contributed by atoms with E-state index in [1.54, 1.807) is 0 Å². The average molecular weight is 193 g/mol. The van der Waals surface area contributed by atoms with Gasteiger partial charge in [-0.25, -0.2) is 0 Å². The summed E-state index contributed by atoms with van der Waals surface area (Å²) in [5.74, 6) is 0. The Kier molecular flexibility index (Phi) is 3.60. The summed E-state index contributed by atoms with van der Waals surface area (Å²) in [6, 6.07) is -0.831. The summed E-state index contributed by atoms with van der Waals surface area (Å²) < 4.78 is 5.04. The molecule has 0 bridgehead atoms. The minimum atomic E-state index is -1.21. The van der Waals surface area contributed by atoms with Crippen LogP contribution in [0.15, 0.2) is 0 Å². The van der Waals surface area contributed by atoms with Crippen LogP contribution in [-0.4, -0.2) is 64.1 Å². The van der Waals surface area contributed by atoms with Crippen molar-refractivity contribution in [2.24, 2.45) is 5.73 Å². The molecule has 1 aliphatic rings. The number of hydrogen-bond donors (Lipinski definition) is 5. The van der Waals surface area contributed by atoms with E-state index in [9.17, 15) is 10.2 Å². The van der Waals surface area contributed by atoms with Gasteiger partial charge in [0.25, 0.3) is 0 Å². The highest BCUT2D eigenvalue weighted by molar-refractivity contribution is 4.94. The predicted octanol–water partition coefficient (Wildman–Crippen LogP) is -3.21. The first-order valence-corrected chi connectivity index (χ1v) is 4.10. The van der Waals surface area contributed by atoms with E-state index in [0.717, 1.165) is 0 Å². The molecule has 0 aromatic heterocycles. The second kappa shape index (κ2) is 4.32. The van der Waals surface area contributed by atoms with Gasteiger partial charge in [-0.15, -0.1) is 0 Å². The van der Waals surface area contributed by atoms with Crippen LogP contribution in [0.1, 0.15) is 0 Å². The largest absolute Gasteiger partial charge is 0.394 e. The van der Waals surface area contributed by atoms with Crippen LogP contribution in [0.4, 0.5) is 0 Å². The lowest BCUT2D eigenvalue weighted by Crippen LogP contribution is -2.62. The first kappa shape index (κ1) is 10.8. The fourth-order valence-corrected chi connectivity index (χ4v) is 1.38. The molecule has 0 aromatic rings. The van der Waals surface area contributed by atoms with Gasteiger partial charge in [-0.05, 0) is 0 Å². The van der Waals surface area contributed by atoms with Crippen molar-refractivity contribution in [2.75, 3.05) is 13.2 Å². The summed E-state index contributed by atoms with van der Waals surface area (Å²) in [4.78, 5) is 0. The minimum absolute atomic E-state index is 0.346. The Morgan fingerprint density at radius 2 is 1.54 bits per heavy atom. The fraction of sp³-hybridized carbons (Fsp3) is 1.00. The lowest BCUT2D eigenvalue weighted by molar-refractivity contribution is -0.196. The highest BCUT2D eigenvalue weighted by atomic mass is 16.5. The third kappa shape index (κ3) is 1.98. The molecule has 1 heterocycles. The molecule has 0 amide bonds. The van der Waals surface area contributed by atoms with Gasteiger partial charge in [0.1, 0.15) is 18.3 Å². The topological polar surface area (TPSA) is 116 Å². The molecule has 1 aliphatic heterocycles. The van der Waals surface area contributed by atoms with Crippen LogP contribution in [0, 0.1) is 0 Å². The van der Waals surface area contributed by atoms with Crippen molar-refractivity contribution in [3.05, 3.63) is 0 Å². The average Bonchev–Trinajstić information content (AvgIpc) is 2.15. The van der Waals surface area contributed by atoms with Crippen LogP contribution in [0.5, 0.6) is 0 Å². The molecule has 0 spiro atoms. The first-order valence-electron chi connectivity index (χ1n) is 4.10. The van der Waals surface area contributed by atoms with Crippen LogP contribution >= 0.6 is 0 Å². The third-order valence-corrected chi connectivity index (χ3v) is 2.26. The molecule has 0 aliphatic carbocycles. The van der Waals surface area contributed by atoms with Crippen LogP contribution < -0.4 is 5.73 Å². The summed E-state index contributed by atoms with van der Waals surface area (Å²) in [5, 5.41) is 36.3. The van der Waals surface area contributed by atoms with Gasteiger partial charge < -0.3 is 30.9 Å². The number of aliphatic hydroxyl groups excluding tert-OH is 4. The maximum atomic E-state index is 9.37. The molecule has 0 aromatic carbocycles. The molecule has 78 valence electrons. The zero-order valence-corrected chi connectivity index (χ0v) is 7.08. The standard InChI is InChI=1S/C7H15NO5/c8-5-3(1-9)13-4(2-10)6(11)7(5)12/h3-7,9-12H,1-2,8H2/t3-,4+,5-,6+,7+/m0/s1. The van der Waals surface area contributed by atoms with Crippen LogP contribution in [0.3, 0.4) is 0 Å². The smallest absolute Gasteiger partial charge is 0.110 e. The molecular formula is C7H15NO5. The van der Waals surface area contributed by atoms with Crippen molar-refractivity contribution in [1.82, 2.24) is 0 Å². The second-order valence-electron chi connectivity index (χ2n) is 3.14. The summed E-state index contributed by atoms with van der Waals surface area (Å²) in [5.41, 5.74) is 5.46. The zero-order valence-electron chi connectivity index (χ0n) is 7.08. The highest BCUT2D eigenvalue weighted by Crippen LogP contribution is 2.19. The van der Waals surface area contributed by atoms with Crippen LogP contribution in [0.2, 0.25) is 0 Å². The van der Waals surface area contributed by atoms with Crippen molar-refractivity contribution in [3.63, 3.8) is 0 Å². The van der Waals surface area contributed by atoms with E-state index in [4.69, 9.17) is 20.7 Å². The Morgan fingerprint density at radius 1 is 1.00 bits per heavy atom. The molecule has 1 rings (SSSR count). The van der Waals surface area contributed by atoms with E-state index in [2.05, 4.69) is 0 Å². The van der Waals surface area contributed by atoms with Crippen molar-refractivity contribution in [1.29, 1.82) is 0 Å². The summed E-state index contributed by atoms with van der Waals surface area (Å²) >= 11 is 0. The van der Waals surface area contributed by atoms with Gasteiger partial charge in [0.05, 0.1) is 25.4 Å². The van der Waals surface area contributed by atoms with Crippen LogP contribution in [-0.2, 0) is 4.74 Å². The molecule has 6 heteroatoms. The molecule has 6 N–H and O–H groups in total. The van der Waals surface area contributed by atoms with Gasteiger partial charge in [-0.1, -0.05) is 0 Å². The maximum Gasteiger partial charge on any atom is 0.110 e. The maximum absolute atomic E-state index is 9.37. The molecule has 5 atom stereocenters. The molecule has 0 radical (unpaired) electrons. The number of ether oxygens (including phenoxy) is 1. The minimum Gasteiger partial charge on any atom is -0.394 e. The Morgan fingerprint density at radius 3 is 2.00 bits per heavy atom. The second-order valence-corrected chi connectivity index (χ2v) is 3.14. The molecule has 0 saturated carbocycles. The number of rotatable bonds is 2. The van der Waals surface area contributed by atoms with Crippen molar-refractivity contribution in [3.8, 4) is 0 Å². The van der Waals surface area contributed by atoms with E-state index in [-0.39, 0.29) is 6.61 Å². The Labute approximate surface area is 75.6 Å². The number of hydrogen-bond acceptors (Lipinski definition) is 6. The van der Waals surface area contributed by atoms with E-state index in [0.29, 0.717) is 0 Å². The predicted molar refractivity (Wildman–Crippen MR) is 42.8 cm³/mol. The monoisotopic (exact) mass is 193 g/mol. The van der Waals surface area contributed by atoms with E-state index >= 15 is 0 Å². The Bertz CT molecular complexity index is 147. The molecular weight excluding hydrogens is 178 g/mol. The third-order valence-electron chi connectivity index (χ3n) is 2.26. The van der Waals surface area contributed by atoms with Gasteiger partial charge in [-0.2, -0.15) is 0 Å². The van der Waals surface area contributed by atoms with E-state index in [1.165, 1.54) is 0 Å². The quantitative estimate of drug-likeness (QED) is 0.315. The highest BCUT2D eigenvalue weighted by Gasteiger charge is 2.41. The molecule has 1 saturated heterocycles.